The molecule has 0 bridgehead atoms. The zero-order valence-electron chi connectivity index (χ0n) is 16.0. The van der Waals surface area contributed by atoms with E-state index in [0.29, 0.717) is 5.92 Å². The van der Waals surface area contributed by atoms with Crippen LogP contribution in [0.2, 0.25) is 5.02 Å². The van der Waals surface area contributed by atoms with Crippen molar-refractivity contribution in [3.63, 3.8) is 0 Å². The number of amides is 1. The molecule has 2 aromatic rings. The van der Waals surface area contributed by atoms with Crippen molar-refractivity contribution in [2.75, 3.05) is 23.3 Å². The van der Waals surface area contributed by atoms with Crippen molar-refractivity contribution in [2.45, 2.75) is 44.1 Å². The number of benzene rings is 1. The number of nitrogens with one attached hydrogen (secondary N) is 1. The van der Waals surface area contributed by atoms with Crippen LogP contribution in [-0.2, 0) is 4.79 Å². The van der Waals surface area contributed by atoms with Crippen LogP contribution < -0.4 is 16.0 Å². The number of rotatable bonds is 4. The van der Waals surface area contributed by atoms with E-state index in [0.717, 1.165) is 61.7 Å². The first-order chi connectivity index (χ1) is 13.6. The molecular formula is C22H27ClN4O. The lowest BCUT2D eigenvalue weighted by molar-refractivity contribution is -0.120. The number of aromatic nitrogens is 1. The molecule has 1 saturated carbocycles. The minimum absolute atomic E-state index is 0.0693. The Labute approximate surface area is 171 Å². The number of nitrogens with two attached hydrogens (primary N) is 1. The second-order valence-electron chi connectivity index (χ2n) is 7.99. The van der Waals surface area contributed by atoms with Crippen molar-refractivity contribution in [3.8, 4) is 0 Å². The zero-order chi connectivity index (χ0) is 19.5. The van der Waals surface area contributed by atoms with E-state index in [9.17, 15) is 4.79 Å². The summed E-state index contributed by atoms with van der Waals surface area (Å²) in [5, 5.41) is 3.81. The van der Waals surface area contributed by atoms with E-state index in [1.54, 1.807) is 6.20 Å². The Bertz CT molecular complexity index is 800. The molecule has 2 aliphatic rings. The van der Waals surface area contributed by atoms with Crippen LogP contribution in [0, 0.1) is 5.92 Å². The monoisotopic (exact) mass is 398 g/mol. The predicted molar refractivity (Wildman–Crippen MR) is 114 cm³/mol. The van der Waals surface area contributed by atoms with Crippen molar-refractivity contribution >= 4 is 29.0 Å². The Hall–Kier alpha value is -2.11. The zero-order valence-corrected chi connectivity index (χ0v) is 16.7. The van der Waals surface area contributed by atoms with Crippen molar-refractivity contribution in [1.29, 1.82) is 0 Å². The van der Waals surface area contributed by atoms with Crippen LogP contribution in [0.25, 0.3) is 0 Å². The van der Waals surface area contributed by atoms with Gasteiger partial charge in [0, 0.05) is 30.1 Å². The summed E-state index contributed by atoms with van der Waals surface area (Å²) >= 11 is 5.98. The Balaban J connectivity index is 1.29. The SMILES string of the molecule is NC1CCN(c2ccc(NC(=O)C3CCC(c4ccc(Cl)cc4)CC3)cn2)C1. The molecule has 1 unspecified atom stereocenters. The van der Waals surface area contributed by atoms with E-state index in [-0.39, 0.29) is 17.9 Å². The highest BCUT2D eigenvalue weighted by molar-refractivity contribution is 6.30. The molecule has 4 rings (SSSR count). The summed E-state index contributed by atoms with van der Waals surface area (Å²) in [6.07, 6.45) is 6.64. The van der Waals surface area contributed by atoms with Crippen molar-refractivity contribution in [1.82, 2.24) is 4.98 Å². The molecule has 0 radical (unpaired) electrons. The lowest BCUT2D eigenvalue weighted by Gasteiger charge is -2.28. The van der Waals surface area contributed by atoms with Crippen molar-refractivity contribution < 1.29 is 4.79 Å². The highest BCUT2D eigenvalue weighted by Gasteiger charge is 2.27. The lowest BCUT2D eigenvalue weighted by Crippen LogP contribution is -2.27. The van der Waals surface area contributed by atoms with Gasteiger partial charge in [0.1, 0.15) is 5.82 Å². The van der Waals surface area contributed by atoms with E-state index in [1.807, 2.05) is 24.3 Å². The maximum atomic E-state index is 12.7. The topological polar surface area (TPSA) is 71.2 Å². The number of nitrogens with zero attached hydrogens (tertiary/aromatic N) is 2. The Morgan fingerprint density at radius 1 is 1.07 bits per heavy atom. The van der Waals surface area contributed by atoms with Crippen molar-refractivity contribution in [3.05, 3.63) is 53.2 Å². The smallest absolute Gasteiger partial charge is 0.227 e. The molecule has 1 amide bonds. The molecule has 28 heavy (non-hydrogen) atoms. The average Bonchev–Trinajstić information content (AvgIpc) is 3.15. The Morgan fingerprint density at radius 2 is 1.82 bits per heavy atom. The molecule has 2 heterocycles. The normalized spacial score (nSPS) is 24.9. The number of carbonyl (C=O) groups is 1. The molecule has 148 valence electrons. The van der Waals surface area contributed by atoms with Gasteiger partial charge in [-0.1, -0.05) is 23.7 Å². The van der Waals surface area contributed by atoms with E-state index in [2.05, 4.69) is 27.3 Å². The fraction of sp³-hybridized carbons (Fsp3) is 0.455. The van der Waals surface area contributed by atoms with Gasteiger partial charge in [-0.15, -0.1) is 0 Å². The van der Waals surface area contributed by atoms with Crippen LogP contribution in [0.15, 0.2) is 42.6 Å². The summed E-state index contributed by atoms with van der Waals surface area (Å²) in [7, 11) is 0. The number of pyridine rings is 1. The van der Waals surface area contributed by atoms with Gasteiger partial charge < -0.3 is 16.0 Å². The number of carbonyl (C=O) groups excluding carboxylic acids is 1. The summed E-state index contributed by atoms with van der Waals surface area (Å²) in [6.45, 7) is 1.78. The van der Waals surface area contributed by atoms with Gasteiger partial charge in [0.25, 0.3) is 0 Å². The van der Waals surface area contributed by atoms with Crippen LogP contribution in [0.3, 0.4) is 0 Å². The van der Waals surface area contributed by atoms with Crippen LogP contribution in [0.1, 0.15) is 43.6 Å². The summed E-state index contributed by atoms with van der Waals surface area (Å²) in [5.74, 6) is 1.62. The summed E-state index contributed by atoms with van der Waals surface area (Å²) in [5.41, 5.74) is 8.05. The van der Waals surface area contributed by atoms with Crippen molar-refractivity contribution in [2.24, 2.45) is 11.7 Å². The molecule has 3 N–H and O–H groups in total. The number of halogens is 1. The third-order valence-electron chi connectivity index (χ3n) is 6.00. The largest absolute Gasteiger partial charge is 0.355 e. The Morgan fingerprint density at radius 3 is 2.43 bits per heavy atom. The van der Waals surface area contributed by atoms with E-state index in [1.165, 1.54) is 5.56 Å². The molecule has 1 aromatic carbocycles. The first-order valence-electron chi connectivity index (χ1n) is 10.1. The van der Waals surface area contributed by atoms with Gasteiger partial charge >= 0.3 is 0 Å². The number of hydrogen-bond donors (Lipinski definition) is 2. The molecule has 1 saturated heterocycles. The number of hydrogen-bond acceptors (Lipinski definition) is 4. The standard InChI is InChI=1S/C22H27ClN4O/c23-18-7-5-16(6-8-18)15-1-3-17(4-2-15)22(28)26-20-9-10-21(25-13-20)27-12-11-19(24)14-27/h5-10,13,15,17,19H,1-4,11-12,14,24H2,(H,26,28). The molecule has 1 aliphatic carbocycles. The van der Waals surface area contributed by atoms with Gasteiger partial charge in [-0.05, 0) is 67.9 Å². The molecular weight excluding hydrogens is 372 g/mol. The van der Waals surface area contributed by atoms with Crippen LogP contribution in [-0.4, -0.2) is 30.0 Å². The molecule has 5 nitrogen and oxygen atoms in total. The quantitative estimate of drug-likeness (QED) is 0.810. The van der Waals surface area contributed by atoms with Gasteiger partial charge in [0.05, 0.1) is 11.9 Å². The van der Waals surface area contributed by atoms with E-state index >= 15 is 0 Å². The van der Waals surface area contributed by atoms with E-state index < -0.39 is 0 Å². The van der Waals surface area contributed by atoms with Gasteiger partial charge in [-0.2, -0.15) is 0 Å². The van der Waals surface area contributed by atoms with Gasteiger partial charge in [-0.3, -0.25) is 4.79 Å². The fourth-order valence-corrected chi connectivity index (χ4v) is 4.44. The second kappa shape index (κ2) is 8.50. The van der Waals surface area contributed by atoms with Gasteiger partial charge in [0.2, 0.25) is 5.91 Å². The average molecular weight is 399 g/mol. The second-order valence-corrected chi connectivity index (χ2v) is 8.43. The third-order valence-corrected chi connectivity index (χ3v) is 6.26. The minimum Gasteiger partial charge on any atom is -0.355 e. The molecule has 2 fully saturated rings. The van der Waals surface area contributed by atoms with E-state index in [4.69, 9.17) is 17.3 Å². The highest BCUT2D eigenvalue weighted by Crippen LogP contribution is 2.36. The van der Waals surface area contributed by atoms with Gasteiger partial charge in [0.15, 0.2) is 0 Å². The first kappa shape index (κ1) is 19.2. The summed E-state index contributed by atoms with van der Waals surface area (Å²) < 4.78 is 0. The lowest BCUT2D eigenvalue weighted by atomic mass is 9.78. The van der Waals surface area contributed by atoms with Gasteiger partial charge in [-0.25, -0.2) is 4.98 Å². The van der Waals surface area contributed by atoms with Crippen LogP contribution in [0.4, 0.5) is 11.5 Å². The Kier molecular flexibility index (Phi) is 5.83. The fourth-order valence-electron chi connectivity index (χ4n) is 4.31. The molecule has 1 aromatic heterocycles. The molecule has 0 spiro atoms. The predicted octanol–water partition coefficient (Wildman–Crippen LogP) is 4.18. The maximum Gasteiger partial charge on any atom is 0.227 e. The first-order valence-corrected chi connectivity index (χ1v) is 10.5. The maximum absolute atomic E-state index is 12.7. The summed E-state index contributed by atoms with van der Waals surface area (Å²) in [4.78, 5) is 19.3. The molecule has 1 aliphatic heterocycles. The summed E-state index contributed by atoms with van der Waals surface area (Å²) in [6, 6.07) is 12.2. The minimum atomic E-state index is 0.0693. The molecule has 6 heteroatoms. The highest BCUT2D eigenvalue weighted by atomic mass is 35.5. The van der Waals surface area contributed by atoms with Crippen LogP contribution in [0.5, 0.6) is 0 Å². The number of anilines is 2. The van der Waals surface area contributed by atoms with Crippen LogP contribution >= 0.6 is 11.6 Å². The molecule has 1 atom stereocenters. The third kappa shape index (κ3) is 4.47.